The van der Waals surface area contributed by atoms with E-state index in [1.165, 1.54) is 16.4 Å². The third-order valence-electron chi connectivity index (χ3n) is 4.76. The highest BCUT2D eigenvalue weighted by Crippen LogP contribution is 2.22. The quantitative estimate of drug-likeness (QED) is 0.723. The molecule has 2 aromatic rings. The third kappa shape index (κ3) is 3.69. The number of hydrogen-bond donors (Lipinski definition) is 0. The molecular weight excluding hydrogens is 357 g/mol. The van der Waals surface area contributed by atoms with Crippen LogP contribution in [-0.4, -0.2) is 64.0 Å². The van der Waals surface area contributed by atoms with Gasteiger partial charge in [-0.2, -0.15) is 4.31 Å². The van der Waals surface area contributed by atoms with Gasteiger partial charge in [-0.05, 0) is 17.7 Å². The van der Waals surface area contributed by atoms with E-state index < -0.39 is 10.0 Å². The van der Waals surface area contributed by atoms with E-state index in [1.807, 2.05) is 0 Å². The maximum Gasteiger partial charge on any atom is 0.216 e. The standard InChI is InChI=1S/C17H20FN5O2S/c18-15-5-3-14(4-6-15)9-22-10-16(19-20-22)11-23-12-17(13-26(23,24)25)21-7-1-2-8-21/h1-6,10,17H,7-9,11-13H2. The van der Waals surface area contributed by atoms with Crippen molar-refractivity contribution in [3.63, 3.8) is 0 Å². The van der Waals surface area contributed by atoms with Crippen molar-refractivity contribution < 1.29 is 12.8 Å². The Labute approximate surface area is 151 Å². The minimum Gasteiger partial charge on any atom is -0.291 e. The number of hydrogen-bond acceptors (Lipinski definition) is 5. The van der Waals surface area contributed by atoms with Crippen molar-refractivity contribution in [1.82, 2.24) is 24.2 Å². The lowest BCUT2D eigenvalue weighted by Crippen LogP contribution is -2.37. The predicted octanol–water partition coefficient (Wildman–Crippen LogP) is 0.851. The summed E-state index contributed by atoms with van der Waals surface area (Å²) in [4.78, 5) is 2.17. The number of aromatic nitrogens is 3. The van der Waals surface area contributed by atoms with Crippen LogP contribution in [0.5, 0.6) is 0 Å². The maximum atomic E-state index is 13.0. The topological polar surface area (TPSA) is 71.3 Å². The Morgan fingerprint density at radius 3 is 2.58 bits per heavy atom. The average Bonchev–Trinajstić information content (AvgIpc) is 3.32. The van der Waals surface area contributed by atoms with E-state index >= 15 is 0 Å². The van der Waals surface area contributed by atoms with Gasteiger partial charge in [0.05, 0.1) is 30.7 Å². The fraction of sp³-hybridized carbons (Fsp3) is 0.412. The van der Waals surface area contributed by atoms with E-state index in [1.54, 1.807) is 23.0 Å². The van der Waals surface area contributed by atoms with E-state index in [0.717, 1.165) is 18.7 Å². The van der Waals surface area contributed by atoms with Crippen LogP contribution >= 0.6 is 0 Å². The molecule has 4 rings (SSSR count). The molecule has 0 N–H and O–H groups in total. The Kier molecular flexibility index (Phi) is 4.60. The average molecular weight is 377 g/mol. The SMILES string of the molecule is O=S1(=O)CC(N2CC=CC2)CN1Cc1cn(Cc2ccc(F)cc2)nn1. The lowest BCUT2D eigenvalue weighted by molar-refractivity contribution is 0.250. The van der Waals surface area contributed by atoms with Crippen molar-refractivity contribution in [3.05, 3.63) is 59.7 Å². The van der Waals surface area contributed by atoms with Gasteiger partial charge >= 0.3 is 0 Å². The van der Waals surface area contributed by atoms with Crippen LogP contribution in [0.15, 0.2) is 42.6 Å². The second-order valence-corrected chi connectivity index (χ2v) is 8.70. The number of rotatable bonds is 5. The molecule has 0 spiro atoms. The highest BCUT2D eigenvalue weighted by atomic mass is 32.2. The zero-order valence-corrected chi connectivity index (χ0v) is 15.0. The van der Waals surface area contributed by atoms with Crippen LogP contribution in [0, 0.1) is 5.82 Å². The monoisotopic (exact) mass is 377 g/mol. The molecule has 0 bridgehead atoms. The molecule has 0 radical (unpaired) electrons. The third-order valence-corrected chi connectivity index (χ3v) is 6.63. The van der Waals surface area contributed by atoms with Crippen LogP contribution in [0.1, 0.15) is 11.3 Å². The molecule has 1 aromatic carbocycles. The molecule has 9 heteroatoms. The molecule has 0 saturated carbocycles. The molecule has 2 aliphatic heterocycles. The number of halogens is 1. The first-order valence-electron chi connectivity index (χ1n) is 8.50. The fourth-order valence-electron chi connectivity index (χ4n) is 3.37. The van der Waals surface area contributed by atoms with Gasteiger partial charge in [0, 0.05) is 25.7 Å². The zero-order chi connectivity index (χ0) is 18.1. The lowest BCUT2D eigenvalue weighted by atomic mass is 10.2. The van der Waals surface area contributed by atoms with Crippen molar-refractivity contribution >= 4 is 10.0 Å². The van der Waals surface area contributed by atoms with Gasteiger partial charge in [-0.1, -0.05) is 29.5 Å². The molecule has 1 saturated heterocycles. The highest BCUT2D eigenvalue weighted by molar-refractivity contribution is 7.89. The van der Waals surface area contributed by atoms with Crippen LogP contribution < -0.4 is 0 Å². The van der Waals surface area contributed by atoms with Crippen LogP contribution in [0.25, 0.3) is 0 Å². The Hall–Kier alpha value is -2.10. The van der Waals surface area contributed by atoms with Crippen LogP contribution in [0.4, 0.5) is 4.39 Å². The van der Waals surface area contributed by atoms with Crippen molar-refractivity contribution in [1.29, 1.82) is 0 Å². The van der Waals surface area contributed by atoms with Gasteiger partial charge in [-0.3, -0.25) is 4.90 Å². The van der Waals surface area contributed by atoms with Gasteiger partial charge in [0.15, 0.2) is 0 Å². The minimum atomic E-state index is -3.28. The Bertz CT molecular complexity index is 901. The first-order valence-corrected chi connectivity index (χ1v) is 10.1. The van der Waals surface area contributed by atoms with Gasteiger partial charge in [0.25, 0.3) is 0 Å². The van der Waals surface area contributed by atoms with Gasteiger partial charge in [0.1, 0.15) is 5.82 Å². The molecular formula is C17H20FN5O2S. The number of benzene rings is 1. The summed E-state index contributed by atoms with van der Waals surface area (Å²) >= 11 is 0. The van der Waals surface area contributed by atoms with Gasteiger partial charge in [0.2, 0.25) is 10.0 Å². The zero-order valence-electron chi connectivity index (χ0n) is 14.2. The smallest absolute Gasteiger partial charge is 0.216 e. The molecule has 1 aromatic heterocycles. The highest BCUT2D eigenvalue weighted by Gasteiger charge is 2.39. The Morgan fingerprint density at radius 2 is 1.85 bits per heavy atom. The van der Waals surface area contributed by atoms with Crippen LogP contribution in [0.3, 0.4) is 0 Å². The van der Waals surface area contributed by atoms with Crippen molar-refractivity contribution in [2.75, 3.05) is 25.4 Å². The number of nitrogens with zero attached hydrogens (tertiary/aromatic N) is 5. The van der Waals surface area contributed by atoms with E-state index in [2.05, 4.69) is 27.4 Å². The van der Waals surface area contributed by atoms with Gasteiger partial charge < -0.3 is 0 Å². The summed E-state index contributed by atoms with van der Waals surface area (Å²) in [7, 11) is -3.28. The summed E-state index contributed by atoms with van der Waals surface area (Å²) in [5, 5.41) is 8.14. The molecule has 0 aliphatic carbocycles. The van der Waals surface area contributed by atoms with Crippen molar-refractivity contribution in [2.45, 2.75) is 19.1 Å². The second kappa shape index (κ2) is 6.90. The summed E-state index contributed by atoms with van der Waals surface area (Å²) in [6, 6.07) is 6.20. The van der Waals surface area contributed by atoms with Gasteiger partial charge in [-0.15, -0.1) is 5.10 Å². The van der Waals surface area contributed by atoms with Crippen LogP contribution in [0.2, 0.25) is 0 Å². The largest absolute Gasteiger partial charge is 0.291 e. The predicted molar refractivity (Wildman–Crippen MR) is 94.2 cm³/mol. The minimum absolute atomic E-state index is 0.0178. The molecule has 1 atom stereocenters. The Balaban J connectivity index is 1.41. The normalized spacial score (nSPS) is 23.0. The van der Waals surface area contributed by atoms with E-state index in [9.17, 15) is 12.8 Å². The molecule has 138 valence electrons. The molecule has 3 heterocycles. The molecule has 26 heavy (non-hydrogen) atoms. The summed E-state index contributed by atoms with van der Waals surface area (Å²) in [6.45, 7) is 2.78. The summed E-state index contributed by atoms with van der Waals surface area (Å²) < 4.78 is 41.0. The van der Waals surface area contributed by atoms with E-state index in [0.29, 0.717) is 18.8 Å². The maximum absolute atomic E-state index is 13.0. The lowest BCUT2D eigenvalue weighted by Gasteiger charge is -2.21. The first kappa shape index (κ1) is 17.3. The summed E-state index contributed by atoms with van der Waals surface area (Å²) in [5.41, 5.74) is 1.51. The summed E-state index contributed by atoms with van der Waals surface area (Å²) in [6.07, 6.45) is 5.87. The fourth-order valence-corrected chi connectivity index (χ4v) is 5.11. The number of sulfonamides is 1. The van der Waals surface area contributed by atoms with E-state index in [-0.39, 0.29) is 24.2 Å². The second-order valence-electron chi connectivity index (χ2n) is 6.68. The van der Waals surface area contributed by atoms with Crippen molar-refractivity contribution in [2.24, 2.45) is 0 Å². The first-order chi connectivity index (χ1) is 12.5. The molecule has 7 nitrogen and oxygen atoms in total. The van der Waals surface area contributed by atoms with Crippen LogP contribution in [-0.2, 0) is 23.1 Å². The molecule has 2 aliphatic rings. The molecule has 1 unspecified atom stereocenters. The Morgan fingerprint density at radius 1 is 1.12 bits per heavy atom. The molecule has 1 fully saturated rings. The van der Waals surface area contributed by atoms with E-state index in [4.69, 9.17) is 0 Å². The summed E-state index contributed by atoms with van der Waals surface area (Å²) in [5.74, 6) is -0.131. The van der Waals surface area contributed by atoms with Gasteiger partial charge in [-0.25, -0.2) is 17.5 Å². The van der Waals surface area contributed by atoms with Crippen molar-refractivity contribution in [3.8, 4) is 0 Å². The molecule has 0 amide bonds.